The third kappa shape index (κ3) is 4.53. The van der Waals surface area contributed by atoms with E-state index in [-0.39, 0.29) is 0 Å². The molecule has 0 aliphatic rings. The highest BCUT2D eigenvalue weighted by Gasteiger charge is 2.10. The van der Waals surface area contributed by atoms with Crippen LogP contribution in [0.3, 0.4) is 0 Å². The first-order valence-electron chi connectivity index (χ1n) is 6.62. The summed E-state index contributed by atoms with van der Waals surface area (Å²) >= 11 is 6.73. The van der Waals surface area contributed by atoms with Gasteiger partial charge in [-0.2, -0.15) is 0 Å². The van der Waals surface area contributed by atoms with Gasteiger partial charge in [-0.1, -0.05) is 49.8 Å². The highest BCUT2D eigenvalue weighted by Crippen LogP contribution is 2.43. The van der Waals surface area contributed by atoms with Crippen LogP contribution in [0.25, 0.3) is 14.7 Å². The lowest BCUT2D eigenvalue weighted by molar-refractivity contribution is 1.64. The van der Waals surface area contributed by atoms with Gasteiger partial charge in [-0.3, -0.25) is 0 Å². The molecule has 2 aromatic heterocycles. The molecule has 2 heterocycles. The highest BCUT2D eigenvalue weighted by molar-refractivity contribution is 8.16. The Balaban J connectivity index is 2.04. The van der Waals surface area contributed by atoms with Crippen LogP contribution in [0.4, 0.5) is 0 Å². The number of aryl methyl sites for hydroxylation is 1. The van der Waals surface area contributed by atoms with Crippen LogP contribution in [0.5, 0.6) is 0 Å². The number of hydrogen-bond acceptors (Lipinski definition) is 4. The zero-order valence-electron chi connectivity index (χ0n) is 12.8. The zero-order valence-corrected chi connectivity index (χ0v) is 16.0. The van der Waals surface area contributed by atoms with Gasteiger partial charge in [0.15, 0.2) is 0 Å². The molecule has 0 nitrogen and oxygen atoms in total. The Hall–Kier alpha value is -0.940. The van der Waals surface area contributed by atoms with Crippen LogP contribution in [0, 0.1) is 6.92 Å². The topological polar surface area (TPSA) is 0 Å². The van der Waals surface area contributed by atoms with Gasteiger partial charge < -0.3 is 0 Å². The quantitative estimate of drug-likeness (QED) is 0.494. The van der Waals surface area contributed by atoms with E-state index in [1.165, 1.54) is 14.6 Å². The van der Waals surface area contributed by atoms with Gasteiger partial charge >= 0.3 is 0 Å². The zero-order chi connectivity index (χ0) is 16.3. The predicted molar refractivity (Wildman–Crippen MR) is 110 cm³/mol. The molecule has 0 atom stereocenters. The van der Waals surface area contributed by atoms with Crippen molar-refractivity contribution in [3.8, 4) is 0 Å². The van der Waals surface area contributed by atoms with Crippen molar-refractivity contribution in [1.29, 1.82) is 0 Å². The van der Waals surface area contributed by atoms with E-state index in [2.05, 4.69) is 57.5 Å². The van der Waals surface area contributed by atoms with Gasteiger partial charge in [0.25, 0.3) is 0 Å². The van der Waals surface area contributed by atoms with Gasteiger partial charge in [0.2, 0.25) is 0 Å². The summed E-state index contributed by atoms with van der Waals surface area (Å²) in [6.07, 6.45) is 0. The number of thioether (sulfide) groups is 2. The van der Waals surface area contributed by atoms with E-state index in [0.29, 0.717) is 0 Å². The maximum Gasteiger partial charge on any atom is 0.0410 e. The minimum Gasteiger partial charge on any atom is -0.140 e. The maximum absolute atomic E-state index is 4.19. The molecule has 4 heteroatoms. The van der Waals surface area contributed by atoms with Crippen molar-refractivity contribution >= 4 is 60.9 Å². The van der Waals surface area contributed by atoms with Crippen LogP contribution in [0.15, 0.2) is 55.5 Å². The first-order valence-corrected chi connectivity index (χ1v) is 9.88. The Bertz CT molecular complexity index is 743. The summed E-state index contributed by atoms with van der Waals surface area (Å²) in [6, 6.07) is 8.44. The monoisotopic (exact) mass is 362 g/mol. The van der Waals surface area contributed by atoms with E-state index >= 15 is 0 Å². The lowest BCUT2D eigenvalue weighted by atomic mass is 10.4. The highest BCUT2D eigenvalue weighted by atomic mass is 32.2. The van der Waals surface area contributed by atoms with Crippen molar-refractivity contribution < 1.29 is 0 Å². The van der Waals surface area contributed by atoms with Crippen molar-refractivity contribution in [2.75, 3.05) is 0 Å². The minimum absolute atomic E-state index is 1.03. The molecule has 0 amide bonds. The van der Waals surface area contributed by atoms with Crippen molar-refractivity contribution in [3.63, 3.8) is 0 Å². The molecule has 2 rings (SSSR count). The molecular weight excluding hydrogens is 344 g/mol. The Labute approximate surface area is 149 Å². The molecule has 0 N–H and O–H groups in total. The van der Waals surface area contributed by atoms with E-state index in [4.69, 9.17) is 0 Å². The molecular formula is C18H18S4. The van der Waals surface area contributed by atoms with Crippen LogP contribution in [0.1, 0.15) is 26.4 Å². The molecule has 0 spiro atoms. The molecule has 0 saturated heterocycles. The van der Waals surface area contributed by atoms with Crippen molar-refractivity contribution in [3.05, 3.63) is 75.0 Å². The van der Waals surface area contributed by atoms with Crippen LogP contribution in [0.2, 0.25) is 0 Å². The Kier molecular flexibility index (Phi) is 5.98. The first kappa shape index (κ1) is 17.4. The summed E-state index contributed by atoms with van der Waals surface area (Å²) in [7, 11) is 0. The van der Waals surface area contributed by atoms with E-state index in [0.717, 1.165) is 24.5 Å². The van der Waals surface area contributed by atoms with Crippen molar-refractivity contribution in [1.82, 2.24) is 0 Å². The van der Waals surface area contributed by atoms with E-state index in [1.807, 2.05) is 6.92 Å². The standard InChI is InChI=1S/C18H18S4/c1-11(2)19-13(4)17-9-10-18(22-17)15(6)21-14(5)16-8-7-12(3)20-16/h7-10H,1,4-6H2,2-3H3. The fraction of sp³-hybridized carbons (Fsp3) is 0.111. The molecule has 22 heavy (non-hydrogen) atoms. The normalized spacial score (nSPS) is 10.5. The second-order valence-corrected chi connectivity index (χ2v) is 9.71. The first-order chi connectivity index (χ1) is 10.4. The van der Waals surface area contributed by atoms with Crippen LogP contribution in [-0.4, -0.2) is 0 Å². The Morgan fingerprint density at radius 3 is 1.68 bits per heavy atom. The summed E-state index contributed by atoms with van der Waals surface area (Å²) < 4.78 is 0. The van der Waals surface area contributed by atoms with Crippen LogP contribution >= 0.6 is 46.2 Å². The maximum atomic E-state index is 4.19. The average Bonchev–Trinajstić information content (AvgIpc) is 3.06. The van der Waals surface area contributed by atoms with Gasteiger partial charge in [0, 0.05) is 34.2 Å². The Morgan fingerprint density at radius 1 is 0.773 bits per heavy atom. The second kappa shape index (κ2) is 7.55. The summed E-state index contributed by atoms with van der Waals surface area (Å²) in [5.41, 5.74) is 0. The lowest BCUT2D eigenvalue weighted by Crippen LogP contribution is -1.73. The molecule has 0 fully saturated rings. The SMILES string of the molecule is C=C(C)SC(=C)c1ccc(C(=C)SC(=C)c2ccc(C)s2)s1. The third-order valence-corrected chi connectivity index (χ3v) is 7.11. The molecule has 0 saturated carbocycles. The minimum atomic E-state index is 1.03. The largest absolute Gasteiger partial charge is 0.140 e. The van der Waals surface area contributed by atoms with Gasteiger partial charge in [0.05, 0.1) is 0 Å². The molecule has 0 aliphatic carbocycles. The predicted octanol–water partition coefficient (Wildman–Crippen LogP) is 7.73. The molecule has 0 unspecified atom stereocenters. The molecule has 0 bridgehead atoms. The lowest BCUT2D eigenvalue weighted by Gasteiger charge is -2.05. The van der Waals surface area contributed by atoms with E-state index < -0.39 is 0 Å². The Morgan fingerprint density at radius 2 is 1.23 bits per heavy atom. The fourth-order valence-electron chi connectivity index (χ4n) is 1.73. The fourth-order valence-corrected chi connectivity index (χ4v) is 5.18. The van der Waals surface area contributed by atoms with Crippen molar-refractivity contribution in [2.24, 2.45) is 0 Å². The van der Waals surface area contributed by atoms with Crippen LogP contribution < -0.4 is 0 Å². The number of rotatable bonds is 7. The number of allylic oxidation sites excluding steroid dienone is 1. The van der Waals surface area contributed by atoms with E-state index in [1.54, 1.807) is 46.2 Å². The summed E-state index contributed by atoms with van der Waals surface area (Å²) in [5, 5.41) is 0. The van der Waals surface area contributed by atoms with Crippen molar-refractivity contribution in [2.45, 2.75) is 13.8 Å². The molecule has 0 aromatic carbocycles. The molecule has 0 aliphatic heterocycles. The van der Waals surface area contributed by atoms with Gasteiger partial charge in [-0.05, 0) is 43.0 Å². The summed E-state index contributed by atoms with van der Waals surface area (Å²) in [6.45, 7) is 20.5. The second-order valence-electron chi connectivity index (χ2n) is 4.75. The number of thiophene rings is 2. The molecule has 114 valence electrons. The third-order valence-electron chi connectivity index (χ3n) is 2.71. The van der Waals surface area contributed by atoms with E-state index in [9.17, 15) is 0 Å². The van der Waals surface area contributed by atoms with Gasteiger partial charge in [-0.15, -0.1) is 22.7 Å². The van der Waals surface area contributed by atoms with Gasteiger partial charge in [-0.25, -0.2) is 0 Å². The van der Waals surface area contributed by atoms with Gasteiger partial charge in [0.1, 0.15) is 0 Å². The molecule has 0 radical (unpaired) electrons. The number of hydrogen-bond donors (Lipinski definition) is 0. The molecule has 2 aromatic rings. The smallest absolute Gasteiger partial charge is 0.0410 e. The average molecular weight is 363 g/mol. The summed E-state index contributed by atoms with van der Waals surface area (Å²) in [4.78, 5) is 9.01. The summed E-state index contributed by atoms with van der Waals surface area (Å²) in [5.74, 6) is 0. The van der Waals surface area contributed by atoms with Crippen LogP contribution in [-0.2, 0) is 0 Å².